The first-order chi connectivity index (χ1) is 11.7. The van der Waals surface area contributed by atoms with Crippen LogP contribution in [0.4, 0.5) is 5.13 Å². The lowest BCUT2D eigenvalue weighted by atomic mass is 10.1. The molecule has 3 aromatic heterocycles. The average molecular weight is 399 g/mol. The normalized spacial score (nSPS) is 10.9. The predicted octanol–water partition coefficient (Wildman–Crippen LogP) is 4.70. The predicted molar refractivity (Wildman–Crippen MR) is 99.3 cm³/mol. The average Bonchev–Trinajstić information content (AvgIpc) is 3.21. The van der Waals surface area contributed by atoms with Gasteiger partial charge in [0.25, 0.3) is 5.91 Å². The lowest BCUT2D eigenvalue weighted by Crippen LogP contribution is -2.11. The summed E-state index contributed by atoms with van der Waals surface area (Å²) in [7, 11) is 0. The van der Waals surface area contributed by atoms with E-state index in [0.717, 1.165) is 26.6 Å². The van der Waals surface area contributed by atoms with Gasteiger partial charge in [0.15, 0.2) is 5.13 Å². The number of nitrogens with zero attached hydrogens (tertiary/aromatic N) is 2. The zero-order valence-corrected chi connectivity index (χ0v) is 14.7. The van der Waals surface area contributed by atoms with Crippen LogP contribution in [0.1, 0.15) is 10.4 Å². The lowest BCUT2D eigenvalue weighted by Gasteiger charge is -2.01. The van der Waals surface area contributed by atoms with Crippen molar-refractivity contribution in [3.63, 3.8) is 0 Å². The number of amides is 1. The van der Waals surface area contributed by atoms with Crippen molar-refractivity contribution in [2.24, 2.45) is 0 Å². The number of fused-ring (bicyclic) bond motifs is 1. The molecule has 0 atom stereocenters. The molecule has 4 aromatic rings. The SMILES string of the molecule is O=C(Nc1nc(-c2c[nH]c3ccccc23)cs1)c1cncc(Br)c1. The highest BCUT2D eigenvalue weighted by molar-refractivity contribution is 9.10. The number of aromatic amines is 1. The molecule has 1 amide bonds. The number of carbonyl (C=O) groups excluding carboxylic acids is 1. The Hall–Kier alpha value is -2.51. The first kappa shape index (κ1) is 15.0. The summed E-state index contributed by atoms with van der Waals surface area (Å²) in [6.07, 6.45) is 5.09. The molecular formula is C17H11BrN4OS. The van der Waals surface area contributed by atoms with E-state index in [0.29, 0.717) is 10.7 Å². The second-order valence-electron chi connectivity index (χ2n) is 5.13. The summed E-state index contributed by atoms with van der Waals surface area (Å²) in [5, 5.41) is 6.41. The number of para-hydroxylation sites is 1. The molecule has 0 unspecified atom stereocenters. The third-order valence-electron chi connectivity index (χ3n) is 3.56. The molecule has 0 bridgehead atoms. The molecule has 0 fully saturated rings. The van der Waals surface area contributed by atoms with E-state index in [2.05, 4.69) is 36.2 Å². The van der Waals surface area contributed by atoms with Gasteiger partial charge in [-0.25, -0.2) is 4.98 Å². The molecule has 2 N–H and O–H groups in total. The largest absolute Gasteiger partial charge is 0.360 e. The van der Waals surface area contributed by atoms with E-state index in [4.69, 9.17) is 0 Å². The van der Waals surface area contributed by atoms with E-state index in [1.165, 1.54) is 17.5 Å². The number of carbonyl (C=O) groups is 1. The highest BCUT2D eigenvalue weighted by atomic mass is 79.9. The highest BCUT2D eigenvalue weighted by Gasteiger charge is 2.12. The summed E-state index contributed by atoms with van der Waals surface area (Å²) >= 11 is 4.70. The Labute approximate surface area is 149 Å². The van der Waals surface area contributed by atoms with Crippen LogP contribution in [0.25, 0.3) is 22.2 Å². The summed E-state index contributed by atoms with van der Waals surface area (Å²) in [6, 6.07) is 9.77. The minimum Gasteiger partial charge on any atom is -0.360 e. The van der Waals surface area contributed by atoms with Gasteiger partial charge in [-0.15, -0.1) is 11.3 Å². The van der Waals surface area contributed by atoms with Gasteiger partial charge < -0.3 is 4.98 Å². The Kier molecular flexibility index (Phi) is 3.87. The van der Waals surface area contributed by atoms with E-state index >= 15 is 0 Å². The molecule has 24 heavy (non-hydrogen) atoms. The molecule has 5 nitrogen and oxygen atoms in total. The zero-order chi connectivity index (χ0) is 16.5. The van der Waals surface area contributed by atoms with Crippen LogP contribution in [0.3, 0.4) is 0 Å². The van der Waals surface area contributed by atoms with Gasteiger partial charge in [0.2, 0.25) is 0 Å². The van der Waals surface area contributed by atoms with E-state index in [9.17, 15) is 4.79 Å². The maximum atomic E-state index is 12.3. The maximum absolute atomic E-state index is 12.3. The monoisotopic (exact) mass is 398 g/mol. The maximum Gasteiger partial charge on any atom is 0.259 e. The van der Waals surface area contributed by atoms with Gasteiger partial charge in [0.1, 0.15) is 0 Å². The number of hydrogen-bond acceptors (Lipinski definition) is 4. The number of aromatic nitrogens is 3. The van der Waals surface area contributed by atoms with Crippen LogP contribution in [-0.2, 0) is 0 Å². The number of thiazole rings is 1. The smallest absolute Gasteiger partial charge is 0.259 e. The first-order valence-electron chi connectivity index (χ1n) is 7.14. The van der Waals surface area contributed by atoms with Gasteiger partial charge in [0, 0.05) is 44.9 Å². The fourth-order valence-corrected chi connectivity index (χ4v) is 3.51. The number of anilines is 1. The molecule has 1 aromatic carbocycles. The zero-order valence-electron chi connectivity index (χ0n) is 12.3. The summed E-state index contributed by atoms with van der Waals surface area (Å²) in [5.74, 6) is -0.233. The number of hydrogen-bond donors (Lipinski definition) is 2. The summed E-state index contributed by atoms with van der Waals surface area (Å²) in [5.41, 5.74) is 3.39. The van der Waals surface area contributed by atoms with Crippen LogP contribution >= 0.6 is 27.3 Å². The van der Waals surface area contributed by atoms with Crippen molar-refractivity contribution in [2.45, 2.75) is 0 Å². The van der Waals surface area contributed by atoms with Crippen LogP contribution in [0.2, 0.25) is 0 Å². The Bertz CT molecular complexity index is 1040. The lowest BCUT2D eigenvalue weighted by molar-refractivity contribution is 0.102. The van der Waals surface area contributed by atoms with Crippen LogP contribution in [0.5, 0.6) is 0 Å². The molecular weight excluding hydrogens is 388 g/mol. The Morgan fingerprint density at radius 1 is 1.25 bits per heavy atom. The summed E-state index contributed by atoms with van der Waals surface area (Å²) in [6.45, 7) is 0. The minimum atomic E-state index is -0.233. The summed E-state index contributed by atoms with van der Waals surface area (Å²) < 4.78 is 0.758. The second-order valence-corrected chi connectivity index (χ2v) is 6.91. The van der Waals surface area contributed by atoms with E-state index in [1.54, 1.807) is 12.3 Å². The fraction of sp³-hybridized carbons (Fsp3) is 0. The Morgan fingerprint density at radius 3 is 3.00 bits per heavy atom. The fourth-order valence-electron chi connectivity index (χ4n) is 2.44. The van der Waals surface area contributed by atoms with Gasteiger partial charge in [-0.2, -0.15) is 0 Å². The van der Waals surface area contributed by atoms with E-state index in [1.807, 2.05) is 35.8 Å². The molecule has 0 saturated heterocycles. The van der Waals surface area contributed by atoms with Gasteiger partial charge in [-0.05, 0) is 28.1 Å². The Morgan fingerprint density at radius 2 is 2.12 bits per heavy atom. The van der Waals surface area contributed by atoms with Crippen LogP contribution < -0.4 is 5.32 Å². The number of rotatable bonds is 3. The van der Waals surface area contributed by atoms with Crippen molar-refractivity contribution in [1.82, 2.24) is 15.0 Å². The highest BCUT2D eigenvalue weighted by Crippen LogP contribution is 2.31. The second kappa shape index (κ2) is 6.18. The number of nitrogens with one attached hydrogen (secondary N) is 2. The molecule has 118 valence electrons. The molecule has 7 heteroatoms. The van der Waals surface area contributed by atoms with Gasteiger partial charge in [-0.3, -0.25) is 15.1 Å². The van der Waals surface area contributed by atoms with Crippen molar-refractivity contribution in [3.8, 4) is 11.3 Å². The third kappa shape index (κ3) is 2.83. The minimum absolute atomic E-state index is 0.233. The standard InChI is InChI=1S/C17H11BrN4OS/c18-11-5-10(6-19-7-11)16(23)22-17-21-15(9-24-17)13-8-20-14-4-2-1-3-12(13)14/h1-9,20H,(H,21,22,23). The third-order valence-corrected chi connectivity index (χ3v) is 4.75. The van der Waals surface area contributed by atoms with E-state index in [-0.39, 0.29) is 5.91 Å². The number of halogens is 1. The number of pyridine rings is 1. The van der Waals surface area contributed by atoms with E-state index < -0.39 is 0 Å². The van der Waals surface area contributed by atoms with Crippen LogP contribution in [-0.4, -0.2) is 20.9 Å². The van der Waals surface area contributed by atoms with Crippen molar-refractivity contribution < 1.29 is 4.79 Å². The molecule has 0 aliphatic rings. The van der Waals surface area contributed by atoms with Crippen molar-refractivity contribution in [1.29, 1.82) is 0 Å². The van der Waals surface area contributed by atoms with Crippen molar-refractivity contribution >= 4 is 49.2 Å². The first-order valence-corrected chi connectivity index (χ1v) is 8.82. The molecule has 0 radical (unpaired) electrons. The number of benzene rings is 1. The van der Waals surface area contributed by atoms with Crippen molar-refractivity contribution in [2.75, 3.05) is 5.32 Å². The van der Waals surface area contributed by atoms with Crippen molar-refractivity contribution in [3.05, 3.63) is 64.3 Å². The van der Waals surface area contributed by atoms with Crippen LogP contribution in [0, 0.1) is 0 Å². The van der Waals surface area contributed by atoms with Gasteiger partial charge in [0.05, 0.1) is 11.3 Å². The van der Waals surface area contributed by atoms with Crippen LogP contribution in [0.15, 0.2) is 58.8 Å². The van der Waals surface area contributed by atoms with Gasteiger partial charge >= 0.3 is 0 Å². The quantitative estimate of drug-likeness (QED) is 0.525. The molecule has 4 rings (SSSR count). The summed E-state index contributed by atoms with van der Waals surface area (Å²) in [4.78, 5) is 24.0. The molecule has 0 spiro atoms. The molecule has 0 saturated carbocycles. The topological polar surface area (TPSA) is 70.7 Å². The molecule has 0 aliphatic heterocycles. The number of H-pyrrole nitrogens is 1. The Balaban J connectivity index is 1.60. The van der Waals surface area contributed by atoms with Gasteiger partial charge in [-0.1, -0.05) is 18.2 Å². The molecule has 3 heterocycles. The molecule has 0 aliphatic carbocycles.